The van der Waals surface area contributed by atoms with E-state index in [0.29, 0.717) is 6.42 Å². The van der Waals surface area contributed by atoms with E-state index in [-0.39, 0.29) is 6.42 Å². The average molecular weight is 252 g/mol. The van der Waals surface area contributed by atoms with Gasteiger partial charge >= 0.3 is 5.97 Å². The predicted octanol–water partition coefficient (Wildman–Crippen LogP) is 3.87. The van der Waals surface area contributed by atoms with Crippen LogP contribution in [0.2, 0.25) is 0 Å². The second kappa shape index (κ2) is 6.55. The van der Waals surface area contributed by atoms with E-state index in [9.17, 15) is 4.79 Å². The quantitative estimate of drug-likeness (QED) is 0.820. The summed E-state index contributed by atoms with van der Waals surface area (Å²) in [6, 6.07) is 18.1. The Balaban J connectivity index is 2.06. The van der Waals surface area contributed by atoms with Crippen molar-refractivity contribution in [2.75, 3.05) is 0 Å². The molecule has 0 fully saturated rings. The summed E-state index contributed by atoms with van der Waals surface area (Å²) >= 11 is 0. The van der Waals surface area contributed by atoms with Gasteiger partial charge in [-0.25, -0.2) is 0 Å². The van der Waals surface area contributed by atoms with Gasteiger partial charge < -0.3 is 5.11 Å². The summed E-state index contributed by atoms with van der Waals surface area (Å²) < 4.78 is 0. The van der Waals surface area contributed by atoms with Crippen LogP contribution in [-0.4, -0.2) is 11.1 Å². The highest BCUT2D eigenvalue weighted by molar-refractivity contribution is 5.70. The SMILES string of the molecule is O=C(O)CCc1cccc(C=Cc2ccccc2)c1. The Morgan fingerprint density at radius 1 is 0.947 bits per heavy atom. The zero-order valence-electron chi connectivity index (χ0n) is 10.6. The second-order valence-corrected chi connectivity index (χ2v) is 4.38. The molecule has 2 nitrogen and oxygen atoms in total. The van der Waals surface area contributed by atoms with Gasteiger partial charge in [0.2, 0.25) is 0 Å². The minimum absolute atomic E-state index is 0.172. The molecule has 0 bridgehead atoms. The number of aliphatic carboxylic acids is 1. The van der Waals surface area contributed by atoms with Gasteiger partial charge in [0.1, 0.15) is 0 Å². The number of aryl methyl sites for hydroxylation is 1. The molecule has 0 radical (unpaired) electrons. The van der Waals surface area contributed by atoms with E-state index >= 15 is 0 Å². The molecule has 0 aliphatic carbocycles. The summed E-state index contributed by atoms with van der Waals surface area (Å²) in [5.41, 5.74) is 3.29. The lowest BCUT2D eigenvalue weighted by atomic mass is 10.1. The number of hydrogen-bond acceptors (Lipinski definition) is 1. The molecule has 0 heterocycles. The van der Waals surface area contributed by atoms with Gasteiger partial charge in [0.05, 0.1) is 0 Å². The van der Waals surface area contributed by atoms with Gasteiger partial charge in [0.15, 0.2) is 0 Å². The average Bonchev–Trinajstić information content (AvgIpc) is 2.44. The third kappa shape index (κ3) is 4.43. The third-order valence-corrected chi connectivity index (χ3v) is 2.85. The van der Waals surface area contributed by atoms with Crippen molar-refractivity contribution in [1.29, 1.82) is 0 Å². The van der Waals surface area contributed by atoms with Crippen molar-refractivity contribution in [3.8, 4) is 0 Å². The van der Waals surface area contributed by atoms with Gasteiger partial charge in [0.25, 0.3) is 0 Å². The molecule has 0 amide bonds. The number of carbonyl (C=O) groups is 1. The van der Waals surface area contributed by atoms with Crippen LogP contribution in [0.25, 0.3) is 12.2 Å². The fraction of sp³-hybridized carbons (Fsp3) is 0.118. The Bertz CT molecular complexity index is 571. The molecule has 2 aromatic carbocycles. The lowest BCUT2D eigenvalue weighted by Gasteiger charge is -2.00. The number of benzene rings is 2. The van der Waals surface area contributed by atoms with Crippen molar-refractivity contribution < 1.29 is 9.90 Å². The zero-order chi connectivity index (χ0) is 13.5. The highest BCUT2D eigenvalue weighted by Crippen LogP contribution is 2.11. The van der Waals surface area contributed by atoms with Crippen LogP contribution in [0.1, 0.15) is 23.1 Å². The van der Waals surface area contributed by atoms with E-state index < -0.39 is 5.97 Å². The number of carboxylic acids is 1. The van der Waals surface area contributed by atoms with Gasteiger partial charge in [0, 0.05) is 6.42 Å². The molecule has 0 saturated carbocycles. The molecular formula is C17H16O2. The van der Waals surface area contributed by atoms with E-state index in [1.165, 1.54) is 0 Å². The second-order valence-electron chi connectivity index (χ2n) is 4.38. The summed E-state index contributed by atoms with van der Waals surface area (Å²) in [4.78, 5) is 10.6. The first-order valence-electron chi connectivity index (χ1n) is 6.28. The van der Waals surface area contributed by atoms with E-state index in [0.717, 1.165) is 16.7 Å². The Morgan fingerprint density at radius 2 is 1.63 bits per heavy atom. The standard InChI is InChI=1S/C17H16O2/c18-17(19)12-11-16-8-4-7-15(13-16)10-9-14-5-2-1-3-6-14/h1-10,13H,11-12H2,(H,18,19). The van der Waals surface area contributed by atoms with Gasteiger partial charge in [-0.05, 0) is 23.1 Å². The maximum Gasteiger partial charge on any atom is 0.303 e. The summed E-state index contributed by atoms with van der Waals surface area (Å²) in [6.07, 6.45) is 4.84. The third-order valence-electron chi connectivity index (χ3n) is 2.85. The molecule has 0 saturated heterocycles. The first-order chi connectivity index (χ1) is 9.24. The van der Waals surface area contributed by atoms with Gasteiger partial charge in [-0.15, -0.1) is 0 Å². The van der Waals surface area contributed by atoms with E-state index in [2.05, 4.69) is 6.08 Å². The van der Waals surface area contributed by atoms with E-state index in [1.54, 1.807) is 0 Å². The Kier molecular flexibility index (Phi) is 4.51. The van der Waals surface area contributed by atoms with Crippen molar-refractivity contribution in [3.05, 3.63) is 71.3 Å². The zero-order valence-corrected chi connectivity index (χ0v) is 10.6. The smallest absolute Gasteiger partial charge is 0.303 e. The molecule has 96 valence electrons. The topological polar surface area (TPSA) is 37.3 Å². The highest BCUT2D eigenvalue weighted by atomic mass is 16.4. The lowest BCUT2D eigenvalue weighted by Crippen LogP contribution is -1.97. The fourth-order valence-electron chi connectivity index (χ4n) is 1.86. The van der Waals surface area contributed by atoms with E-state index in [1.807, 2.05) is 60.7 Å². The van der Waals surface area contributed by atoms with Crippen LogP contribution < -0.4 is 0 Å². The molecule has 2 aromatic rings. The number of rotatable bonds is 5. The fourth-order valence-corrected chi connectivity index (χ4v) is 1.86. The molecule has 0 aromatic heterocycles. The van der Waals surface area contributed by atoms with Gasteiger partial charge in [-0.3, -0.25) is 4.79 Å². The van der Waals surface area contributed by atoms with Crippen LogP contribution in [-0.2, 0) is 11.2 Å². The molecular weight excluding hydrogens is 236 g/mol. The Labute approximate surface area is 113 Å². The molecule has 19 heavy (non-hydrogen) atoms. The maximum absolute atomic E-state index is 10.6. The minimum Gasteiger partial charge on any atom is -0.481 e. The van der Waals surface area contributed by atoms with Crippen molar-refractivity contribution in [2.24, 2.45) is 0 Å². The van der Waals surface area contributed by atoms with E-state index in [4.69, 9.17) is 5.11 Å². The van der Waals surface area contributed by atoms with Crippen LogP contribution in [0.15, 0.2) is 54.6 Å². The van der Waals surface area contributed by atoms with Crippen molar-refractivity contribution in [3.63, 3.8) is 0 Å². The van der Waals surface area contributed by atoms with Crippen LogP contribution in [0.5, 0.6) is 0 Å². The lowest BCUT2D eigenvalue weighted by molar-refractivity contribution is -0.136. The monoisotopic (exact) mass is 252 g/mol. The molecule has 1 N–H and O–H groups in total. The highest BCUT2D eigenvalue weighted by Gasteiger charge is 1.99. The molecule has 0 aliphatic rings. The van der Waals surface area contributed by atoms with Crippen molar-refractivity contribution in [1.82, 2.24) is 0 Å². The molecule has 2 rings (SSSR count). The summed E-state index contributed by atoms with van der Waals surface area (Å²) in [7, 11) is 0. The summed E-state index contributed by atoms with van der Waals surface area (Å²) in [5, 5.41) is 8.68. The molecule has 0 spiro atoms. The molecule has 0 unspecified atom stereocenters. The summed E-state index contributed by atoms with van der Waals surface area (Å²) in [6.45, 7) is 0. The van der Waals surface area contributed by atoms with Crippen LogP contribution in [0.4, 0.5) is 0 Å². The largest absolute Gasteiger partial charge is 0.481 e. The van der Waals surface area contributed by atoms with Crippen molar-refractivity contribution >= 4 is 18.1 Å². The first kappa shape index (κ1) is 13.1. The van der Waals surface area contributed by atoms with Gasteiger partial charge in [-0.2, -0.15) is 0 Å². The van der Waals surface area contributed by atoms with Crippen LogP contribution in [0, 0.1) is 0 Å². The molecule has 0 atom stereocenters. The van der Waals surface area contributed by atoms with Crippen LogP contribution in [0.3, 0.4) is 0 Å². The number of carboxylic acid groups (broad SMARTS) is 1. The number of hydrogen-bond donors (Lipinski definition) is 1. The summed E-state index contributed by atoms with van der Waals surface area (Å²) in [5.74, 6) is -0.759. The first-order valence-corrected chi connectivity index (χ1v) is 6.28. The van der Waals surface area contributed by atoms with Crippen LogP contribution >= 0.6 is 0 Å². The minimum atomic E-state index is -0.759. The van der Waals surface area contributed by atoms with Crippen molar-refractivity contribution in [2.45, 2.75) is 12.8 Å². The molecule has 2 heteroatoms. The predicted molar refractivity (Wildman–Crippen MR) is 77.8 cm³/mol. The van der Waals surface area contributed by atoms with Gasteiger partial charge in [-0.1, -0.05) is 66.7 Å². The maximum atomic E-state index is 10.6. The molecule has 0 aliphatic heterocycles. The Hall–Kier alpha value is -2.35. The Morgan fingerprint density at radius 3 is 2.37 bits per heavy atom. The normalized spacial score (nSPS) is 10.7.